The molecule has 0 saturated heterocycles. The summed E-state index contributed by atoms with van der Waals surface area (Å²) in [5.74, 6) is 0.676. The second-order valence-corrected chi connectivity index (χ2v) is 9.31. The monoisotopic (exact) mass is 368 g/mol. The summed E-state index contributed by atoms with van der Waals surface area (Å²) in [7, 11) is -3.27. The fourth-order valence-corrected chi connectivity index (χ4v) is 3.52. The lowest BCUT2D eigenvalue weighted by molar-refractivity contribution is 0.462. The first-order valence-corrected chi connectivity index (χ1v) is 10.4. The summed E-state index contributed by atoms with van der Waals surface area (Å²) in [6.07, 6.45) is 1.16. The molecule has 1 rings (SSSR count). The zero-order chi connectivity index (χ0) is 19.1. The summed E-state index contributed by atoms with van der Waals surface area (Å²) in [5, 5.41) is 6.56. The van der Waals surface area contributed by atoms with Crippen molar-refractivity contribution in [2.75, 3.05) is 25.9 Å². The zero-order valence-electron chi connectivity index (χ0n) is 16.2. The fourth-order valence-electron chi connectivity index (χ4n) is 2.45. The van der Waals surface area contributed by atoms with Crippen LogP contribution >= 0.6 is 0 Å². The van der Waals surface area contributed by atoms with Gasteiger partial charge < -0.3 is 10.6 Å². The van der Waals surface area contributed by atoms with E-state index in [9.17, 15) is 8.42 Å². The van der Waals surface area contributed by atoms with Gasteiger partial charge >= 0.3 is 0 Å². The van der Waals surface area contributed by atoms with E-state index in [0.717, 1.165) is 12.8 Å². The van der Waals surface area contributed by atoms with E-state index in [1.54, 1.807) is 0 Å². The molecule has 6 nitrogen and oxygen atoms in total. The Morgan fingerprint density at radius 3 is 2.20 bits per heavy atom. The average Bonchev–Trinajstić information content (AvgIpc) is 2.49. The van der Waals surface area contributed by atoms with Gasteiger partial charge in [-0.1, -0.05) is 44.2 Å². The Balaban J connectivity index is 2.76. The second kappa shape index (κ2) is 8.67. The largest absolute Gasteiger partial charge is 0.357 e. The number of benzene rings is 1. The van der Waals surface area contributed by atoms with Gasteiger partial charge in [0.1, 0.15) is 0 Å². The van der Waals surface area contributed by atoms with Crippen molar-refractivity contribution >= 4 is 16.0 Å². The third-order valence-corrected chi connectivity index (χ3v) is 4.61. The van der Waals surface area contributed by atoms with E-state index >= 15 is 0 Å². The number of hydrogen-bond acceptors (Lipinski definition) is 3. The number of guanidine groups is 1. The molecule has 25 heavy (non-hydrogen) atoms. The minimum Gasteiger partial charge on any atom is -0.357 e. The van der Waals surface area contributed by atoms with Crippen LogP contribution in [0.25, 0.3) is 0 Å². The van der Waals surface area contributed by atoms with Crippen LogP contribution in [0.1, 0.15) is 40.2 Å². The van der Waals surface area contributed by atoms with E-state index < -0.39 is 15.6 Å². The molecule has 142 valence electrons. The van der Waals surface area contributed by atoms with Crippen molar-refractivity contribution in [1.82, 2.24) is 15.4 Å². The van der Waals surface area contributed by atoms with Crippen LogP contribution in [0, 0.1) is 0 Å². The van der Waals surface area contributed by atoms with Gasteiger partial charge in [0, 0.05) is 24.0 Å². The third kappa shape index (κ3) is 8.36. The predicted octanol–water partition coefficient (Wildman–Crippen LogP) is 1.85. The molecule has 0 atom stereocenters. The van der Waals surface area contributed by atoms with Crippen LogP contribution in [0.15, 0.2) is 35.3 Å². The fraction of sp³-hybridized carbons (Fsp3) is 0.611. The maximum absolute atomic E-state index is 11.4. The van der Waals surface area contributed by atoms with Crippen LogP contribution in [-0.2, 0) is 15.4 Å². The molecule has 0 unspecified atom stereocenters. The highest BCUT2D eigenvalue weighted by Gasteiger charge is 2.23. The van der Waals surface area contributed by atoms with Crippen molar-refractivity contribution < 1.29 is 8.42 Å². The van der Waals surface area contributed by atoms with Crippen molar-refractivity contribution in [3.05, 3.63) is 35.9 Å². The van der Waals surface area contributed by atoms with Crippen LogP contribution in [0.2, 0.25) is 0 Å². The minimum atomic E-state index is -3.27. The van der Waals surface area contributed by atoms with Crippen molar-refractivity contribution in [3.8, 4) is 0 Å². The maximum atomic E-state index is 11.4. The van der Waals surface area contributed by atoms with Crippen LogP contribution < -0.4 is 15.4 Å². The number of nitrogens with zero attached hydrogens (tertiary/aromatic N) is 1. The third-order valence-electron chi connectivity index (χ3n) is 3.69. The smallest absolute Gasteiger partial charge is 0.209 e. The summed E-state index contributed by atoms with van der Waals surface area (Å²) >= 11 is 0. The molecule has 0 bridgehead atoms. The average molecular weight is 369 g/mol. The highest BCUT2D eigenvalue weighted by molar-refractivity contribution is 7.88. The molecule has 0 aliphatic heterocycles. The molecule has 1 aromatic carbocycles. The number of sulfonamides is 1. The molecule has 7 heteroatoms. The Kier molecular flexibility index (Phi) is 7.44. The minimum absolute atomic E-state index is 0.0576. The van der Waals surface area contributed by atoms with Gasteiger partial charge in [0.2, 0.25) is 10.0 Å². The highest BCUT2D eigenvalue weighted by atomic mass is 32.2. The van der Waals surface area contributed by atoms with Gasteiger partial charge in [-0.15, -0.1) is 0 Å². The molecule has 0 aliphatic rings. The quantitative estimate of drug-likeness (QED) is 0.483. The van der Waals surface area contributed by atoms with E-state index in [4.69, 9.17) is 0 Å². The topological polar surface area (TPSA) is 82.6 Å². The molecule has 0 heterocycles. The molecule has 0 fully saturated rings. The van der Waals surface area contributed by atoms with Gasteiger partial charge in [-0.2, -0.15) is 0 Å². The van der Waals surface area contributed by atoms with Gasteiger partial charge in [0.05, 0.1) is 12.8 Å². The molecule has 0 aromatic heterocycles. The second-order valence-electron chi connectivity index (χ2n) is 7.56. The molecule has 0 radical (unpaired) electrons. The van der Waals surface area contributed by atoms with E-state index in [0.29, 0.717) is 19.0 Å². The first-order chi connectivity index (χ1) is 11.5. The highest BCUT2D eigenvalue weighted by Crippen LogP contribution is 2.21. The standard InChI is InChI=1S/C18H32N4O2S/c1-7-19-16(21-14-18(4,5)22-25(6,23)24)20-13-17(2,3)15-11-9-8-10-12-15/h8-12,22H,7,13-14H2,1-6H3,(H2,19,20,21). The van der Waals surface area contributed by atoms with Crippen LogP contribution in [0.5, 0.6) is 0 Å². The van der Waals surface area contributed by atoms with Gasteiger partial charge in [0.25, 0.3) is 0 Å². The van der Waals surface area contributed by atoms with Crippen LogP contribution in [-0.4, -0.2) is 45.8 Å². The first-order valence-electron chi connectivity index (χ1n) is 8.52. The Morgan fingerprint density at radius 1 is 1.08 bits per heavy atom. The molecule has 3 N–H and O–H groups in total. The summed E-state index contributed by atoms with van der Waals surface area (Å²) in [4.78, 5) is 4.53. The Labute approximate surface area is 152 Å². The van der Waals surface area contributed by atoms with Gasteiger partial charge in [-0.05, 0) is 26.3 Å². The predicted molar refractivity (Wildman–Crippen MR) is 106 cm³/mol. The Morgan fingerprint density at radius 2 is 1.68 bits per heavy atom. The van der Waals surface area contributed by atoms with E-state index in [1.165, 1.54) is 5.56 Å². The molecular formula is C18H32N4O2S. The lowest BCUT2D eigenvalue weighted by Crippen LogP contribution is -2.47. The summed E-state index contributed by atoms with van der Waals surface area (Å²) in [5.41, 5.74) is 0.542. The molecule has 0 amide bonds. The van der Waals surface area contributed by atoms with Crippen LogP contribution in [0.3, 0.4) is 0 Å². The Hall–Kier alpha value is -1.60. The number of hydrogen-bond donors (Lipinski definition) is 3. The van der Waals surface area contributed by atoms with Crippen molar-refractivity contribution in [2.24, 2.45) is 4.99 Å². The van der Waals surface area contributed by atoms with Crippen molar-refractivity contribution in [1.29, 1.82) is 0 Å². The molecule has 0 aliphatic carbocycles. The first kappa shape index (κ1) is 21.4. The SMILES string of the molecule is CCNC(=NCC(C)(C)NS(C)(=O)=O)NCC(C)(C)c1ccccc1. The number of aliphatic imine (C=N–C) groups is 1. The summed E-state index contributed by atoms with van der Waals surface area (Å²) in [6, 6.07) is 10.3. The summed E-state index contributed by atoms with van der Waals surface area (Å²) in [6.45, 7) is 11.8. The Bertz CT molecular complexity index is 668. The molecule has 0 saturated carbocycles. The van der Waals surface area contributed by atoms with E-state index in [1.807, 2.05) is 39.0 Å². The maximum Gasteiger partial charge on any atom is 0.209 e. The molecule has 1 aromatic rings. The summed E-state index contributed by atoms with van der Waals surface area (Å²) < 4.78 is 25.5. The van der Waals surface area contributed by atoms with E-state index in [-0.39, 0.29) is 5.41 Å². The van der Waals surface area contributed by atoms with Gasteiger partial charge in [-0.25, -0.2) is 13.1 Å². The van der Waals surface area contributed by atoms with Crippen LogP contribution in [0.4, 0.5) is 0 Å². The van der Waals surface area contributed by atoms with Crippen molar-refractivity contribution in [3.63, 3.8) is 0 Å². The number of rotatable bonds is 8. The molecule has 0 spiro atoms. The van der Waals surface area contributed by atoms with E-state index in [2.05, 4.69) is 46.3 Å². The number of nitrogens with one attached hydrogen (secondary N) is 3. The van der Waals surface area contributed by atoms with Gasteiger partial charge in [-0.3, -0.25) is 4.99 Å². The molecular weight excluding hydrogens is 336 g/mol. The van der Waals surface area contributed by atoms with Crippen molar-refractivity contribution in [2.45, 2.75) is 45.6 Å². The lowest BCUT2D eigenvalue weighted by Gasteiger charge is -2.27. The lowest BCUT2D eigenvalue weighted by atomic mass is 9.85. The zero-order valence-corrected chi connectivity index (χ0v) is 17.0. The normalized spacial score (nSPS) is 13.6. The van der Waals surface area contributed by atoms with Gasteiger partial charge in [0.15, 0.2) is 5.96 Å².